The summed E-state index contributed by atoms with van der Waals surface area (Å²) in [6.45, 7) is 19.1. The molecule has 16 heteroatoms. The summed E-state index contributed by atoms with van der Waals surface area (Å²) in [6, 6.07) is 20.1. The topological polar surface area (TPSA) is 73.8 Å². The van der Waals surface area contributed by atoms with E-state index in [1.165, 1.54) is 22.3 Å². The molecule has 5 unspecified atom stereocenters. The van der Waals surface area contributed by atoms with Crippen molar-refractivity contribution in [3.05, 3.63) is 70.8 Å². The minimum Gasteiger partial charge on any atom is -0.420 e. The lowest BCUT2D eigenvalue weighted by Gasteiger charge is -2.41. The van der Waals surface area contributed by atoms with E-state index in [1.54, 1.807) is 0 Å². The second-order valence-electron chi connectivity index (χ2n) is 13.0. The average molecular weight is 743 g/mol. The largest absolute Gasteiger partial charge is 0.420 e. The summed E-state index contributed by atoms with van der Waals surface area (Å²) in [6.07, 6.45) is 5.10. The molecule has 44 heavy (non-hydrogen) atoms. The Kier molecular flexibility index (Phi) is 13.6. The molecule has 5 atom stereocenters. The highest BCUT2D eigenvalue weighted by Gasteiger charge is 2.44. The van der Waals surface area contributed by atoms with Crippen LogP contribution in [0.2, 0.25) is 71.0 Å². The number of benzene rings is 2. The molecular formula is C28H54O8Si8. The first-order valence-electron chi connectivity index (χ1n) is 16.2. The molecule has 4 rings (SSSR count). The van der Waals surface area contributed by atoms with Crippen LogP contribution in [-0.2, 0) is 52.2 Å². The van der Waals surface area contributed by atoms with Crippen molar-refractivity contribution in [2.45, 2.75) is 103 Å². The van der Waals surface area contributed by atoms with Crippen LogP contribution in [0.5, 0.6) is 0 Å². The molecule has 0 saturated carbocycles. The maximum absolute atomic E-state index is 6.62. The zero-order chi connectivity index (χ0) is 32.0. The van der Waals surface area contributed by atoms with E-state index in [9.17, 15) is 0 Å². The number of hydrogen-bond acceptors (Lipinski definition) is 8. The van der Waals surface area contributed by atoms with Gasteiger partial charge in [-0.2, -0.15) is 0 Å². The van der Waals surface area contributed by atoms with Gasteiger partial charge in [0.15, 0.2) is 0 Å². The van der Waals surface area contributed by atoms with Crippen molar-refractivity contribution in [1.82, 2.24) is 0 Å². The predicted octanol–water partition coefficient (Wildman–Crippen LogP) is 5.40. The van der Waals surface area contributed by atoms with Crippen LogP contribution in [-0.4, -0.2) is 72.1 Å². The van der Waals surface area contributed by atoms with Crippen molar-refractivity contribution in [2.24, 2.45) is 0 Å². The molecule has 2 aromatic rings. The normalized spacial score (nSPS) is 33.2. The Morgan fingerprint density at radius 1 is 0.477 bits per heavy atom. The van der Waals surface area contributed by atoms with Crippen LogP contribution < -0.4 is 0 Å². The van der Waals surface area contributed by atoms with E-state index in [4.69, 9.17) is 32.9 Å². The van der Waals surface area contributed by atoms with Gasteiger partial charge in [0.25, 0.3) is 46.4 Å². The molecule has 2 aliphatic heterocycles. The summed E-state index contributed by atoms with van der Waals surface area (Å²) in [5.41, 5.74) is 5.40. The van der Waals surface area contributed by atoms with Gasteiger partial charge < -0.3 is 32.9 Å². The van der Waals surface area contributed by atoms with Gasteiger partial charge in [0.05, 0.1) is 0 Å². The van der Waals surface area contributed by atoms with Crippen LogP contribution in [0.1, 0.15) is 35.1 Å². The first-order valence-corrected chi connectivity index (χ1v) is 34.6. The maximum Gasteiger partial charge on any atom is 0.317 e. The Morgan fingerprint density at radius 2 is 0.841 bits per heavy atom. The lowest BCUT2D eigenvalue weighted by atomic mass is 10.0. The molecule has 0 N–H and O–H groups in total. The fraction of sp³-hybridized carbons (Fsp3) is 0.571. The smallest absolute Gasteiger partial charge is 0.317 e. The Morgan fingerprint density at radius 3 is 1.32 bits per heavy atom. The quantitative estimate of drug-likeness (QED) is 0.300. The fourth-order valence-electron chi connectivity index (χ4n) is 6.34. The van der Waals surface area contributed by atoms with E-state index in [-0.39, 0.29) is 0 Å². The fourth-order valence-corrected chi connectivity index (χ4v) is 37.8. The lowest BCUT2D eigenvalue weighted by Crippen LogP contribution is -2.57. The first kappa shape index (κ1) is 36.7. The van der Waals surface area contributed by atoms with E-state index >= 15 is 0 Å². The molecule has 2 saturated heterocycles. The maximum atomic E-state index is 6.62. The summed E-state index contributed by atoms with van der Waals surface area (Å²) in [5.74, 6) is 0. The highest BCUT2D eigenvalue weighted by atomic mass is 28.5. The SMILES string of the molecule is C[SiH]1O[SiH](C)O[Si](C)(CCCc2ccc(Cc3ccc(CCC[Si]4(C)O[SiH](C)O[SiH](C)O[Si](C)(C)O4)cc3)cc2)O[SiH](C)O1. The molecule has 2 aromatic carbocycles. The number of aryl methyl sites for hydroxylation is 2. The van der Waals surface area contributed by atoms with Crippen molar-refractivity contribution in [3.63, 3.8) is 0 Å². The predicted molar refractivity (Wildman–Crippen MR) is 196 cm³/mol. The number of rotatable bonds is 10. The lowest BCUT2D eigenvalue weighted by molar-refractivity contribution is 0.259. The monoisotopic (exact) mass is 742 g/mol. The van der Waals surface area contributed by atoms with E-state index in [0.29, 0.717) is 0 Å². The van der Waals surface area contributed by atoms with Gasteiger partial charge in [-0.1, -0.05) is 48.5 Å². The molecular weight excluding hydrogens is 689 g/mol. The van der Waals surface area contributed by atoms with Gasteiger partial charge >= 0.3 is 25.7 Å². The van der Waals surface area contributed by atoms with Gasteiger partial charge in [-0.25, -0.2) is 0 Å². The highest BCUT2D eigenvalue weighted by molar-refractivity contribution is 6.86. The highest BCUT2D eigenvalue weighted by Crippen LogP contribution is 2.28. The molecule has 8 nitrogen and oxygen atoms in total. The molecule has 0 bridgehead atoms. The zero-order valence-electron chi connectivity index (χ0n) is 28.2. The Hall–Kier alpha value is -0.145. The second-order valence-corrected chi connectivity index (χ2v) is 34.9. The van der Waals surface area contributed by atoms with Crippen molar-refractivity contribution in [2.75, 3.05) is 0 Å². The van der Waals surface area contributed by atoms with E-state index in [2.05, 4.69) is 107 Å². The summed E-state index contributed by atoms with van der Waals surface area (Å²) in [5, 5.41) is 0. The zero-order valence-corrected chi connectivity index (χ0v) is 37.0. The molecule has 0 aromatic heterocycles. The van der Waals surface area contributed by atoms with Crippen LogP contribution in [0.15, 0.2) is 48.5 Å². The Bertz CT molecular complexity index is 1160. The van der Waals surface area contributed by atoms with E-state index < -0.39 is 72.1 Å². The summed E-state index contributed by atoms with van der Waals surface area (Å²) >= 11 is 0. The minimum atomic E-state index is -2.32. The van der Waals surface area contributed by atoms with Gasteiger partial charge in [-0.05, 0) is 125 Å². The molecule has 0 aliphatic carbocycles. The van der Waals surface area contributed by atoms with Crippen molar-refractivity contribution in [3.8, 4) is 0 Å². The van der Waals surface area contributed by atoms with Crippen LogP contribution in [0.25, 0.3) is 0 Å². The van der Waals surface area contributed by atoms with Gasteiger partial charge in [0.1, 0.15) is 0 Å². The molecule has 0 spiro atoms. The van der Waals surface area contributed by atoms with Crippen LogP contribution in [0, 0.1) is 0 Å². The van der Waals surface area contributed by atoms with Crippen molar-refractivity contribution in [1.29, 1.82) is 0 Å². The number of hydrogen-bond donors (Lipinski definition) is 0. The minimum absolute atomic E-state index is 0.941. The van der Waals surface area contributed by atoms with Gasteiger partial charge in [0.2, 0.25) is 0 Å². The van der Waals surface area contributed by atoms with Crippen molar-refractivity contribution >= 4 is 72.1 Å². The summed E-state index contributed by atoms with van der Waals surface area (Å²) in [7, 11) is -15.1. The summed E-state index contributed by atoms with van der Waals surface area (Å²) in [4.78, 5) is 0. The van der Waals surface area contributed by atoms with Crippen LogP contribution in [0.3, 0.4) is 0 Å². The van der Waals surface area contributed by atoms with Crippen LogP contribution in [0.4, 0.5) is 0 Å². The van der Waals surface area contributed by atoms with E-state index in [1.807, 2.05) is 0 Å². The summed E-state index contributed by atoms with van der Waals surface area (Å²) < 4.78 is 50.5. The Balaban J connectivity index is 1.22. The molecule has 2 fully saturated rings. The van der Waals surface area contributed by atoms with E-state index in [0.717, 1.165) is 44.2 Å². The van der Waals surface area contributed by atoms with Gasteiger partial charge in [0, 0.05) is 0 Å². The molecule has 2 heterocycles. The van der Waals surface area contributed by atoms with Gasteiger partial charge in [-0.15, -0.1) is 0 Å². The molecule has 2 aliphatic rings. The van der Waals surface area contributed by atoms with Crippen LogP contribution >= 0.6 is 0 Å². The standard InChI is InChI=1S/C28H54O8Si8/c1-37-29-39(3)33-43(8,34-40(4)30-37)22-10-12-25-14-18-27(19-15-25)24-28-20-16-26(17-21-28)13-11-23-44(9)35-41(5)31-38(2)32-42(6,7)36-44/h14-21,37-41H,10-13,22-24H2,1-9H3. The molecule has 0 amide bonds. The average Bonchev–Trinajstić information content (AvgIpc) is 2.87. The third-order valence-corrected chi connectivity index (χ3v) is 36.9. The third kappa shape index (κ3) is 12.1. The third-order valence-electron chi connectivity index (χ3n) is 7.95. The molecule has 246 valence electrons. The van der Waals surface area contributed by atoms with Gasteiger partial charge in [-0.3, -0.25) is 0 Å². The first-order chi connectivity index (χ1) is 20.7. The second kappa shape index (κ2) is 16.3. The van der Waals surface area contributed by atoms with Crippen molar-refractivity contribution < 1.29 is 32.9 Å². The molecule has 0 radical (unpaired) electrons. The Labute approximate surface area is 277 Å².